The molecule has 0 aliphatic carbocycles. The molecule has 0 aromatic heterocycles. The quantitative estimate of drug-likeness (QED) is 0.177. The second kappa shape index (κ2) is 14.7. The molecule has 3 amide bonds. The molecule has 2 aromatic carbocycles. The van der Waals surface area contributed by atoms with E-state index in [1.54, 1.807) is 36.0 Å². The molecule has 2 rings (SSSR count). The molecule has 200 valence electrons. The molecule has 8 N–H and O–H groups in total. The molecule has 0 aliphatic rings. The lowest BCUT2D eigenvalue weighted by Gasteiger charge is -2.22. The number of phenols is 2. The highest BCUT2D eigenvalue weighted by molar-refractivity contribution is 7.98. The highest BCUT2D eigenvalue weighted by atomic mass is 32.2. The van der Waals surface area contributed by atoms with Crippen molar-refractivity contribution in [3.05, 3.63) is 59.7 Å². The summed E-state index contributed by atoms with van der Waals surface area (Å²) in [6.07, 6.45) is 2.28. The topological polar surface area (TPSA) is 191 Å². The molecular weight excluding hydrogens is 500 g/mol. The third-order valence-corrected chi connectivity index (χ3v) is 6.06. The lowest BCUT2D eigenvalue weighted by Crippen LogP contribution is -2.54. The maximum Gasteiger partial charge on any atom is 0.326 e. The van der Waals surface area contributed by atoms with Gasteiger partial charge in [0.2, 0.25) is 17.7 Å². The number of phenolic OH excluding ortho intramolecular Hbond substituents is 2. The second-order valence-corrected chi connectivity index (χ2v) is 9.35. The van der Waals surface area contributed by atoms with Crippen molar-refractivity contribution in [3.63, 3.8) is 0 Å². The lowest BCUT2D eigenvalue weighted by atomic mass is 10.0. The summed E-state index contributed by atoms with van der Waals surface area (Å²) >= 11 is 1.54. The predicted molar refractivity (Wildman–Crippen MR) is 139 cm³/mol. The number of carbonyl (C=O) groups excluding carboxylic acids is 3. The van der Waals surface area contributed by atoms with E-state index in [-0.39, 0.29) is 24.3 Å². The molecule has 0 spiro atoms. The number of hydrogen-bond acceptors (Lipinski definition) is 8. The molecule has 0 heterocycles. The van der Waals surface area contributed by atoms with E-state index in [1.807, 2.05) is 6.26 Å². The Morgan fingerprint density at radius 3 is 1.84 bits per heavy atom. The molecule has 11 nitrogen and oxygen atoms in total. The molecule has 3 unspecified atom stereocenters. The van der Waals surface area contributed by atoms with Gasteiger partial charge >= 0.3 is 5.97 Å². The molecule has 0 saturated heterocycles. The zero-order chi connectivity index (χ0) is 27.4. The number of nitrogens with one attached hydrogen (secondary N) is 3. The number of carboxylic acids is 1. The van der Waals surface area contributed by atoms with Crippen molar-refractivity contribution in [2.45, 2.75) is 37.4 Å². The minimum Gasteiger partial charge on any atom is -0.508 e. The van der Waals surface area contributed by atoms with Crippen LogP contribution in [0.5, 0.6) is 11.5 Å². The van der Waals surface area contributed by atoms with Crippen LogP contribution in [0.25, 0.3) is 0 Å². The van der Waals surface area contributed by atoms with Gasteiger partial charge in [-0.15, -0.1) is 0 Å². The maximum atomic E-state index is 13.1. The van der Waals surface area contributed by atoms with Gasteiger partial charge in [0.05, 0.1) is 12.6 Å². The Labute approximate surface area is 218 Å². The van der Waals surface area contributed by atoms with Crippen LogP contribution in [0.4, 0.5) is 0 Å². The van der Waals surface area contributed by atoms with Gasteiger partial charge in [0.1, 0.15) is 23.6 Å². The van der Waals surface area contributed by atoms with Gasteiger partial charge < -0.3 is 37.0 Å². The second-order valence-electron chi connectivity index (χ2n) is 8.37. The summed E-state index contributed by atoms with van der Waals surface area (Å²) in [4.78, 5) is 49.6. The Morgan fingerprint density at radius 2 is 1.35 bits per heavy atom. The maximum absolute atomic E-state index is 13.1. The van der Waals surface area contributed by atoms with Gasteiger partial charge in [0.25, 0.3) is 0 Å². The molecule has 0 radical (unpaired) electrons. The number of aromatic hydroxyl groups is 2. The fraction of sp³-hybridized carbons (Fsp3) is 0.360. The fourth-order valence-corrected chi connectivity index (χ4v) is 3.83. The van der Waals surface area contributed by atoms with Crippen LogP contribution in [0.3, 0.4) is 0 Å². The van der Waals surface area contributed by atoms with E-state index in [9.17, 15) is 34.5 Å². The van der Waals surface area contributed by atoms with Crippen LogP contribution in [0, 0.1) is 0 Å². The highest BCUT2D eigenvalue weighted by Crippen LogP contribution is 2.13. The molecular formula is C25H32N4O7S. The van der Waals surface area contributed by atoms with Crippen molar-refractivity contribution in [2.24, 2.45) is 5.73 Å². The summed E-state index contributed by atoms with van der Waals surface area (Å²) in [6, 6.07) is 8.65. The number of thioether (sulfide) groups is 1. The molecule has 3 atom stereocenters. The molecule has 12 heteroatoms. The first kappa shape index (κ1) is 29.5. The Balaban J connectivity index is 2.09. The monoisotopic (exact) mass is 532 g/mol. The van der Waals surface area contributed by atoms with Gasteiger partial charge in [0.15, 0.2) is 0 Å². The number of hydrogen-bond donors (Lipinski definition) is 7. The third kappa shape index (κ3) is 10.4. The Hall–Kier alpha value is -3.77. The smallest absolute Gasteiger partial charge is 0.326 e. The normalized spacial score (nSPS) is 13.1. The van der Waals surface area contributed by atoms with Crippen LogP contribution in [-0.2, 0) is 32.0 Å². The first-order chi connectivity index (χ1) is 17.6. The molecule has 0 saturated carbocycles. The van der Waals surface area contributed by atoms with E-state index in [1.165, 1.54) is 24.3 Å². The van der Waals surface area contributed by atoms with Gasteiger partial charge in [-0.1, -0.05) is 24.3 Å². The van der Waals surface area contributed by atoms with Crippen LogP contribution in [0.2, 0.25) is 0 Å². The Bertz CT molecular complexity index is 1060. The summed E-state index contributed by atoms with van der Waals surface area (Å²) < 4.78 is 0. The van der Waals surface area contributed by atoms with Crippen molar-refractivity contribution < 1.29 is 34.5 Å². The predicted octanol–water partition coefficient (Wildman–Crippen LogP) is 0.134. The minimum absolute atomic E-state index is 0.00455. The standard InChI is InChI=1S/C25H32N4O7S/c1-37-11-10-19(26)23(33)27-14-22(32)28-20(12-15-2-6-17(30)7-3-15)24(34)29-21(25(35)36)13-16-4-8-18(31)9-5-16/h2-9,19-21,30-31H,10-14,26H2,1H3,(H,27,33)(H,28,32)(H,29,34)(H,35,36). The minimum atomic E-state index is -1.30. The van der Waals surface area contributed by atoms with Crippen LogP contribution in [0.1, 0.15) is 17.5 Å². The van der Waals surface area contributed by atoms with Gasteiger partial charge in [-0.05, 0) is 53.8 Å². The van der Waals surface area contributed by atoms with Gasteiger partial charge in [-0.2, -0.15) is 11.8 Å². The van der Waals surface area contributed by atoms with Crippen LogP contribution in [0.15, 0.2) is 48.5 Å². The first-order valence-corrected chi connectivity index (χ1v) is 12.9. The van der Waals surface area contributed by atoms with Crippen LogP contribution in [-0.4, -0.2) is 75.7 Å². The number of carboxylic acid groups (broad SMARTS) is 1. The highest BCUT2D eigenvalue weighted by Gasteiger charge is 2.27. The van der Waals surface area contributed by atoms with E-state index in [0.717, 1.165) is 0 Å². The molecule has 2 aromatic rings. The van der Waals surface area contributed by atoms with Gasteiger partial charge in [-0.25, -0.2) is 4.79 Å². The summed E-state index contributed by atoms with van der Waals surface area (Å²) in [7, 11) is 0. The molecule has 0 aliphatic heterocycles. The Morgan fingerprint density at radius 1 is 0.838 bits per heavy atom. The summed E-state index contributed by atoms with van der Waals surface area (Å²) in [5, 5.41) is 36.0. The Kier molecular flexibility index (Phi) is 11.7. The first-order valence-electron chi connectivity index (χ1n) is 11.5. The average Bonchev–Trinajstić information content (AvgIpc) is 2.87. The number of nitrogens with two attached hydrogens (primary N) is 1. The number of amides is 3. The average molecular weight is 533 g/mol. The van der Waals surface area contributed by atoms with Crippen molar-refractivity contribution in [2.75, 3.05) is 18.6 Å². The number of aliphatic carboxylic acids is 1. The summed E-state index contributed by atoms with van der Waals surface area (Å²) in [5.41, 5.74) is 6.97. The lowest BCUT2D eigenvalue weighted by molar-refractivity contribution is -0.142. The zero-order valence-corrected chi connectivity index (χ0v) is 21.2. The van der Waals surface area contributed by atoms with E-state index in [2.05, 4.69) is 16.0 Å². The van der Waals surface area contributed by atoms with Crippen molar-refractivity contribution in [1.82, 2.24) is 16.0 Å². The van der Waals surface area contributed by atoms with Crippen molar-refractivity contribution in [1.29, 1.82) is 0 Å². The largest absolute Gasteiger partial charge is 0.508 e. The molecule has 0 bridgehead atoms. The van der Waals surface area contributed by atoms with Gasteiger partial charge in [0, 0.05) is 12.8 Å². The van der Waals surface area contributed by atoms with Crippen molar-refractivity contribution in [3.8, 4) is 11.5 Å². The van der Waals surface area contributed by atoms with Crippen LogP contribution >= 0.6 is 11.8 Å². The molecule has 37 heavy (non-hydrogen) atoms. The van der Waals surface area contributed by atoms with E-state index in [0.29, 0.717) is 23.3 Å². The molecule has 0 fully saturated rings. The van der Waals surface area contributed by atoms with Gasteiger partial charge in [-0.3, -0.25) is 14.4 Å². The third-order valence-electron chi connectivity index (χ3n) is 5.41. The zero-order valence-electron chi connectivity index (χ0n) is 20.3. The van der Waals surface area contributed by atoms with E-state index < -0.39 is 48.4 Å². The number of benzene rings is 2. The SMILES string of the molecule is CSCCC(N)C(=O)NCC(=O)NC(Cc1ccc(O)cc1)C(=O)NC(Cc1ccc(O)cc1)C(=O)O. The fourth-order valence-electron chi connectivity index (χ4n) is 3.34. The van der Waals surface area contributed by atoms with Crippen molar-refractivity contribution >= 4 is 35.5 Å². The summed E-state index contributed by atoms with van der Waals surface area (Å²) in [5.74, 6) is -2.44. The number of rotatable bonds is 14. The van der Waals surface area contributed by atoms with E-state index in [4.69, 9.17) is 5.73 Å². The summed E-state index contributed by atoms with van der Waals surface area (Å²) in [6.45, 7) is -0.416. The van der Waals surface area contributed by atoms with E-state index >= 15 is 0 Å². The number of carbonyl (C=O) groups is 4. The van der Waals surface area contributed by atoms with Crippen LogP contribution < -0.4 is 21.7 Å².